The van der Waals surface area contributed by atoms with E-state index in [1.807, 2.05) is 14.1 Å². The monoisotopic (exact) mass is 416 g/mol. The van der Waals surface area contributed by atoms with E-state index in [1.54, 1.807) is 34.1 Å². The third-order valence-corrected chi connectivity index (χ3v) is 6.77. The van der Waals surface area contributed by atoms with Crippen LogP contribution in [0.4, 0.5) is 11.6 Å². The van der Waals surface area contributed by atoms with E-state index >= 15 is 0 Å². The average molecular weight is 417 g/mol. The molecule has 154 valence electrons. The van der Waals surface area contributed by atoms with Crippen molar-refractivity contribution in [1.29, 1.82) is 0 Å². The predicted octanol–water partition coefficient (Wildman–Crippen LogP) is 1.12. The maximum atomic E-state index is 12.9. The first-order chi connectivity index (χ1) is 13.8. The van der Waals surface area contributed by atoms with Crippen LogP contribution < -0.4 is 14.9 Å². The Hall–Kier alpha value is -2.72. The third-order valence-electron chi connectivity index (χ3n) is 5.27. The number of nitrogens with zero attached hydrogens (tertiary/aromatic N) is 4. The summed E-state index contributed by atoms with van der Waals surface area (Å²) >= 11 is 0. The molecule has 1 aromatic carbocycles. The number of carbonyl (C=O) groups is 1. The summed E-state index contributed by atoms with van der Waals surface area (Å²) in [5.41, 5.74) is 1.02. The van der Waals surface area contributed by atoms with Gasteiger partial charge in [0.15, 0.2) is 0 Å². The van der Waals surface area contributed by atoms with Crippen molar-refractivity contribution in [1.82, 2.24) is 19.6 Å². The molecule has 1 aromatic heterocycles. The zero-order valence-corrected chi connectivity index (χ0v) is 17.2. The Morgan fingerprint density at radius 1 is 1.21 bits per heavy atom. The molecule has 0 unspecified atom stereocenters. The number of rotatable bonds is 3. The molecule has 4 rings (SSSR count). The minimum absolute atomic E-state index is 0.0437. The van der Waals surface area contributed by atoms with Gasteiger partial charge in [-0.25, -0.2) is 18.4 Å². The van der Waals surface area contributed by atoms with Crippen molar-refractivity contribution in [2.45, 2.75) is 23.9 Å². The molecule has 2 atom stereocenters. The number of benzene rings is 1. The Morgan fingerprint density at radius 3 is 2.66 bits per heavy atom. The van der Waals surface area contributed by atoms with Crippen molar-refractivity contribution in [3.05, 3.63) is 42.2 Å². The normalized spacial score (nSPS) is 23.0. The van der Waals surface area contributed by atoms with Gasteiger partial charge in [-0.05, 0) is 25.0 Å². The number of para-hydroxylation sites is 1. The van der Waals surface area contributed by atoms with Gasteiger partial charge in [-0.2, -0.15) is 4.72 Å². The Labute approximate surface area is 170 Å². The van der Waals surface area contributed by atoms with Gasteiger partial charge >= 0.3 is 0 Å². The summed E-state index contributed by atoms with van der Waals surface area (Å²) in [6.45, 7) is 1.08. The van der Waals surface area contributed by atoms with Crippen LogP contribution in [-0.4, -0.2) is 62.5 Å². The van der Waals surface area contributed by atoms with E-state index in [9.17, 15) is 13.2 Å². The van der Waals surface area contributed by atoms with Crippen LogP contribution in [0, 0.1) is 5.92 Å². The first-order valence-corrected chi connectivity index (χ1v) is 11.0. The van der Waals surface area contributed by atoms with Crippen LogP contribution in [0.25, 0.3) is 0 Å². The number of amides is 1. The Bertz CT molecular complexity index is 1010. The lowest BCUT2D eigenvalue weighted by molar-refractivity contribution is 0.0658. The maximum absolute atomic E-state index is 12.9. The summed E-state index contributed by atoms with van der Waals surface area (Å²) in [4.78, 5) is 25.1. The largest absolute Gasteiger partial charge is 0.368 e. The van der Waals surface area contributed by atoms with Crippen LogP contribution >= 0.6 is 0 Å². The molecule has 10 heteroatoms. The lowest BCUT2D eigenvalue weighted by atomic mass is 9.94. The van der Waals surface area contributed by atoms with Crippen molar-refractivity contribution < 1.29 is 13.2 Å². The van der Waals surface area contributed by atoms with Crippen molar-refractivity contribution in [2.24, 2.45) is 5.92 Å². The van der Waals surface area contributed by atoms with Crippen molar-refractivity contribution in [3.63, 3.8) is 0 Å². The highest BCUT2D eigenvalue weighted by Gasteiger charge is 2.36. The fraction of sp³-hybridized carbons (Fsp3) is 0.421. The molecule has 2 N–H and O–H groups in total. The van der Waals surface area contributed by atoms with Crippen LogP contribution in [0.15, 0.2) is 41.6 Å². The van der Waals surface area contributed by atoms with E-state index in [0.717, 1.165) is 12.8 Å². The lowest BCUT2D eigenvalue weighted by Crippen LogP contribution is -2.54. The molecule has 1 fully saturated rings. The molecule has 1 saturated heterocycles. The lowest BCUT2D eigenvalue weighted by Gasteiger charge is -2.39. The molecular formula is C19H24N6O3S. The van der Waals surface area contributed by atoms with Crippen molar-refractivity contribution in [3.8, 4) is 0 Å². The van der Waals surface area contributed by atoms with Crippen molar-refractivity contribution >= 4 is 27.6 Å². The quantitative estimate of drug-likeness (QED) is 0.772. The van der Waals surface area contributed by atoms with E-state index in [2.05, 4.69) is 20.0 Å². The highest BCUT2D eigenvalue weighted by molar-refractivity contribution is 7.89. The molecule has 2 aliphatic heterocycles. The minimum Gasteiger partial charge on any atom is -0.368 e. The van der Waals surface area contributed by atoms with E-state index in [0.29, 0.717) is 30.3 Å². The molecule has 29 heavy (non-hydrogen) atoms. The number of hydrogen-bond acceptors (Lipinski definition) is 7. The number of sulfonamides is 1. The molecule has 2 aromatic rings. The smallest absolute Gasteiger partial charge is 0.257 e. The Kier molecular flexibility index (Phi) is 5.13. The first-order valence-electron chi connectivity index (χ1n) is 9.52. The van der Waals surface area contributed by atoms with Crippen LogP contribution in [0.3, 0.4) is 0 Å². The van der Waals surface area contributed by atoms with Gasteiger partial charge in [0, 0.05) is 45.5 Å². The van der Waals surface area contributed by atoms with Crippen LogP contribution in [0.1, 0.15) is 23.2 Å². The average Bonchev–Trinajstić information content (AvgIpc) is 2.73. The van der Waals surface area contributed by atoms with E-state index in [-0.39, 0.29) is 16.7 Å². The van der Waals surface area contributed by atoms with Crippen molar-refractivity contribution in [2.75, 3.05) is 37.4 Å². The highest BCUT2D eigenvalue weighted by Crippen LogP contribution is 2.30. The van der Waals surface area contributed by atoms with Crippen LogP contribution in [0.2, 0.25) is 0 Å². The molecule has 2 aliphatic rings. The molecule has 0 saturated carbocycles. The van der Waals surface area contributed by atoms with Gasteiger partial charge in [-0.1, -0.05) is 12.1 Å². The fourth-order valence-corrected chi connectivity index (χ4v) is 5.16. The van der Waals surface area contributed by atoms with Gasteiger partial charge in [0.2, 0.25) is 16.0 Å². The summed E-state index contributed by atoms with van der Waals surface area (Å²) < 4.78 is 27.9. The fourth-order valence-electron chi connectivity index (χ4n) is 3.77. The zero-order chi connectivity index (χ0) is 20.6. The second-order valence-electron chi connectivity index (χ2n) is 7.56. The van der Waals surface area contributed by atoms with E-state index in [1.165, 1.54) is 12.4 Å². The van der Waals surface area contributed by atoms with Gasteiger partial charge in [0.05, 0.1) is 17.4 Å². The Balaban J connectivity index is 1.49. The number of likely N-dealkylation sites (tertiary alicyclic amines) is 1. The molecule has 0 spiro atoms. The van der Waals surface area contributed by atoms with Gasteiger partial charge < -0.3 is 15.1 Å². The molecule has 0 aliphatic carbocycles. The van der Waals surface area contributed by atoms with Crippen LogP contribution in [0.5, 0.6) is 0 Å². The topological polar surface area (TPSA) is 108 Å². The molecule has 9 nitrogen and oxygen atoms in total. The molecule has 1 amide bonds. The summed E-state index contributed by atoms with van der Waals surface area (Å²) in [5.74, 6) is 0.356. The molecule has 3 heterocycles. The summed E-state index contributed by atoms with van der Waals surface area (Å²) in [6.07, 6.45) is 4.23. The molecule has 0 bridgehead atoms. The summed E-state index contributed by atoms with van der Waals surface area (Å²) in [5, 5.41) is 3.28. The Morgan fingerprint density at radius 2 is 1.93 bits per heavy atom. The second kappa shape index (κ2) is 7.60. The number of piperidine rings is 1. The second-order valence-corrected chi connectivity index (χ2v) is 9.24. The third kappa shape index (κ3) is 3.90. The number of nitrogens with one attached hydrogen (secondary N) is 2. The number of fused-ring (bicyclic) bond motifs is 1. The minimum atomic E-state index is -3.58. The maximum Gasteiger partial charge on any atom is 0.257 e. The van der Waals surface area contributed by atoms with Gasteiger partial charge in [0.1, 0.15) is 4.90 Å². The number of anilines is 2. The van der Waals surface area contributed by atoms with E-state index in [4.69, 9.17) is 0 Å². The van der Waals surface area contributed by atoms with Gasteiger partial charge in [-0.15, -0.1) is 0 Å². The van der Waals surface area contributed by atoms with Crippen LogP contribution in [-0.2, 0) is 10.0 Å². The summed E-state index contributed by atoms with van der Waals surface area (Å²) in [6, 6.07) is 6.84. The molecule has 0 radical (unpaired) electrons. The number of hydrogen-bond donors (Lipinski definition) is 2. The molecular weight excluding hydrogens is 392 g/mol. The predicted molar refractivity (Wildman–Crippen MR) is 109 cm³/mol. The van der Waals surface area contributed by atoms with Gasteiger partial charge in [0.25, 0.3) is 5.91 Å². The van der Waals surface area contributed by atoms with E-state index < -0.39 is 16.2 Å². The SMILES string of the molecule is CN(C)c1ncc(C(=O)N2CCC[C@H]([C@H]3Nc4ccccc4S(=O)(=O)N3)C2)cn1. The zero-order valence-electron chi connectivity index (χ0n) is 16.4. The standard InChI is InChI=1S/C19H24N6O3S/c1-24(2)19-20-10-14(11-21-19)18(26)25-9-5-6-13(12-25)17-22-15-7-3-4-8-16(15)29(27,28)23-17/h3-4,7-8,10-11,13,17,22-23H,5-6,9,12H2,1-2H3/t13-,17-/m0/s1. The highest BCUT2D eigenvalue weighted by atomic mass is 32.2. The first kappa shape index (κ1) is 19.6. The van der Waals surface area contributed by atoms with Gasteiger partial charge in [-0.3, -0.25) is 4.79 Å². The number of aromatic nitrogens is 2. The summed E-state index contributed by atoms with van der Waals surface area (Å²) in [7, 11) is 0.0875. The number of carbonyl (C=O) groups excluding carboxylic acids is 1.